The number of carbonyl (C=O) groups is 2. The van der Waals surface area contributed by atoms with Crippen molar-refractivity contribution in [2.75, 3.05) is 31.1 Å². The van der Waals surface area contributed by atoms with Crippen molar-refractivity contribution in [3.8, 4) is 0 Å². The van der Waals surface area contributed by atoms with Crippen LogP contribution in [-0.2, 0) is 6.42 Å². The smallest absolute Gasteiger partial charge is 0.266 e. The van der Waals surface area contributed by atoms with Crippen molar-refractivity contribution in [2.45, 2.75) is 26.7 Å². The molecule has 0 aromatic carbocycles. The molecule has 0 aliphatic carbocycles. The number of Topliss-reactive ketones (excluding diaryl/α,β-unsaturated/α-hetero) is 1. The van der Waals surface area contributed by atoms with Gasteiger partial charge in [0.2, 0.25) is 5.89 Å². The van der Waals surface area contributed by atoms with Crippen LogP contribution in [0.1, 0.15) is 45.5 Å². The van der Waals surface area contributed by atoms with Crippen LogP contribution in [0, 0.1) is 0 Å². The molecule has 0 bridgehead atoms. The Bertz CT molecular complexity index is 739. The van der Waals surface area contributed by atoms with E-state index in [2.05, 4.69) is 10.1 Å². The van der Waals surface area contributed by atoms with Gasteiger partial charge in [-0.15, -0.1) is 11.3 Å². The van der Waals surface area contributed by atoms with E-state index in [0.717, 1.165) is 13.0 Å². The molecule has 1 amide bonds. The molecule has 0 spiro atoms. The summed E-state index contributed by atoms with van der Waals surface area (Å²) in [6, 6.07) is 3.45. The Morgan fingerprint density at radius 2 is 2.00 bits per heavy atom. The lowest BCUT2D eigenvalue weighted by Gasteiger charge is -2.20. The summed E-state index contributed by atoms with van der Waals surface area (Å²) in [4.78, 5) is 33.5. The first kappa shape index (κ1) is 16.6. The van der Waals surface area contributed by atoms with Crippen LogP contribution in [0.25, 0.3) is 0 Å². The fourth-order valence-electron chi connectivity index (χ4n) is 2.64. The molecule has 2 aromatic heterocycles. The second kappa shape index (κ2) is 7.12. The number of thiophene rings is 1. The highest BCUT2D eigenvalue weighted by Crippen LogP contribution is 2.20. The van der Waals surface area contributed by atoms with Gasteiger partial charge in [0.05, 0.1) is 9.75 Å². The van der Waals surface area contributed by atoms with Crippen LogP contribution in [0.15, 0.2) is 16.7 Å². The maximum absolute atomic E-state index is 12.6. The highest BCUT2D eigenvalue weighted by atomic mass is 32.1. The van der Waals surface area contributed by atoms with Gasteiger partial charge in [0, 0.05) is 32.6 Å². The summed E-state index contributed by atoms with van der Waals surface area (Å²) in [6.07, 6.45) is 1.55. The van der Waals surface area contributed by atoms with Gasteiger partial charge in [-0.2, -0.15) is 4.98 Å². The van der Waals surface area contributed by atoms with Crippen molar-refractivity contribution in [3.05, 3.63) is 27.8 Å². The van der Waals surface area contributed by atoms with E-state index in [9.17, 15) is 9.59 Å². The van der Waals surface area contributed by atoms with Crippen LogP contribution < -0.4 is 4.90 Å². The summed E-state index contributed by atoms with van der Waals surface area (Å²) < 4.78 is 5.16. The highest BCUT2D eigenvalue weighted by Gasteiger charge is 2.23. The molecule has 128 valence electrons. The molecule has 0 atom stereocenters. The first-order valence-corrected chi connectivity index (χ1v) is 8.87. The van der Waals surface area contributed by atoms with Gasteiger partial charge in [-0.1, -0.05) is 6.92 Å². The molecule has 1 aliphatic rings. The fourth-order valence-corrected chi connectivity index (χ4v) is 3.51. The van der Waals surface area contributed by atoms with Gasteiger partial charge in [0.15, 0.2) is 5.78 Å². The third-order valence-electron chi connectivity index (χ3n) is 3.99. The molecule has 8 heteroatoms. The normalized spacial score (nSPS) is 15.4. The Hall–Kier alpha value is -2.22. The molecule has 1 saturated heterocycles. The minimum atomic E-state index is -0.0169. The minimum absolute atomic E-state index is 0.00933. The Morgan fingerprint density at radius 1 is 1.21 bits per heavy atom. The summed E-state index contributed by atoms with van der Waals surface area (Å²) in [5, 5.41) is 4.00. The van der Waals surface area contributed by atoms with Crippen molar-refractivity contribution < 1.29 is 14.1 Å². The van der Waals surface area contributed by atoms with E-state index in [1.807, 2.05) is 16.7 Å². The lowest BCUT2D eigenvalue weighted by molar-refractivity contribution is 0.0771. The number of rotatable bonds is 4. The van der Waals surface area contributed by atoms with E-state index in [1.54, 1.807) is 12.1 Å². The predicted octanol–water partition coefficient (Wildman–Crippen LogP) is 2.25. The van der Waals surface area contributed by atoms with E-state index in [1.165, 1.54) is 18.3 Å². The maximum atomic E-state index is 12.6. The van der Waals surface area contributed by atoms with Crippen LogP contribution in [0.3, 0.4) is 0 Å². The monoisotopic (exact) mass is 348 g/mol. The fraction of sp³-hybridized carbons (Fsp3) is 0.500. The zero-order valence-electron chi connectivity index (χ0n) is 13.8. The number of ketones is 1. The molecule has 24 heavy (non-hydrogen) atoms. The molecule has 7 nitrogen and oxygen atoms in total. The van der Waals surface area contributed by atoms with Gasteiger partial charge in [-0.25, -0.2) is 0 Å². The van der Waals surface area contributed by atoms with Gasteiger partial charge < -0.3 is 14.3 Å². The minimum Gasteiger partial charge on any atom is -0.337 e. The Labute approximate surface area is 144 Å². The topological polar surface area (TPSA) is 79.5 Å². The largest absolute Gasteiger partial charge is 0.337 e. The molecule has 0 unspecified atom stereocenters. The summed E-state index contributed by atoms with van der Waals surface area (Å²) in [7, 11) is 0. The lowest BCUT2D eigenvalue weighted by Crippen LogP contribution is -2.35. The molecular formula is C16H20N4O3S. The van der Waals surface area contributed by atoms with Gasteiger partial charge in [0.1, 0.15) is 0 Å². The molecule has 1 fully saturated rings. The molecule has 0 N–H and O–H groups in total. The first-order chi connectivity index (χ1) is 11.6. The number of aryl methyl sites for hydroxylation is 1. The Balaban J connectivity index is 1.66. The second-order valence-electron chi connectivity index (χ2n) is 5.69. The molecule has 0 radical (unpaired) electrons. The number of amides is 1. The number of hydrogen-bond donors (Lipinski definition) is 0. The third kappa shape index (κ3) is 3.48. The third-order valence-corrected chi connectivity index (χ3v) is 5.16. The second-order valence-corrected chi connectivity index (χ2v) is 6.78. The maximum Gasteiger partial charge on any atom is 0.266 e. The molecule has 1 aliphatic heterocycles. The summed E-state index contributed by atoms with van der Waals surface area (Å²) >= 11 is 1.26. The zero-order valence-corrected chi connectivity index (χ0v) is 14.6. The zero-order chi connectivity index (χ0) is 17.1. The van der Waals surface area contributed by atoms with Crippen molar-refractivity contribution in [3.63, 3.8) is 0 Å². The van der Waals surface area contributed by atoms with Crippen molar-refractivity contribution in [2.24, 2.45) is 0 Å². The van der Waals surface area contributed by atoms with Crippen LogP contribution in [0.2, 0.25) is 0 Å². The van der Waals surface area contributed by atoms with Crippen LogP contribution >= 0.6 is 11.3 Å². The Morgan fingerprint density at radius 3 is 2.67 bits per heavy atom. The van der Waals surface area contributed by atoms with E-state index in [0.29, 0.717) is 47.6 Å². The standard InChI is InChI=1S/C16H20N4O3S/c1-3-14-17-16(18-23-14)20-8-4-7-19(9-10-20)15(22)13-6-5-12(24-13)11(2)21/h5-6H,3-4,7-10H2,1-2H3. The van der Waals surface area contributed by atoms with Crippen molar-refractivity contribution in [1.29, 1.82) is 0 Å². The number of aromatic nitrogens is 2. The van der Waals surface area contributed by atoms with Crippen LogP contribution in [0.5, 0.6) is 0 Å². The molecule has 3 heterocycles. The van der Waals surface area contributed by atoms with Gasteiger partial charge in [-0.05, 0) is 30.6 Å². The first-order valence-electron chi connectivity index (χ1n) is 8.06. The lowest BCUT2D eigenvalue weighted by atomic mass is 10.3. The molecule has 0 saturated carbocycles. The molecule has 3 rings (SSSR count). The number of carbonyl (C=O) groups excluding carboxylic acids is 2. The summed E-state index contributed by atoms with van der Waals surface area (Å²) in [5.41, 5.74) is 0. The van der Waals surface area contributed by atoms with Crippen molar-refractivity contribution in [1.82, 2.24) is 15.0 Å². The number of nitrogens with zero attached hydrogens (tertiary/aromatic N) is 4. The van der Waals surface area contributed by atoms with E-state index in [-0.39, 0.29) is 11.7 Å². The van der Waals surface area contributed by atoms with Crippen LogP contribution in [0.4, 0.5) is 5.95 Å². The average Bonchev–Trinajstić information content (AvgIpc) is 3.19. The predicted molar refractivity (Wildman–Crippen MR) is 90.7 cm³/mol. The number of hydrogen-bond acceptors (Lipinski definition) is 7. The highest BCUT2D eigenvalue weighted by molar-refractivity contribution is 7.15. The van der Waals surface area contributed by atoms with E-state index < -0.39 is 0 Å². The number of anilines is 1. The SMILES string of the molecule is CCc1nc(N2CCCN(C(=O)c3ccc(C(C)=O)s3)CC2)no1. The van der Waals surface area contributed by atoms with Gasteiger partial charge in [-0.3, -0.25) is 9.59 Å². The van der Waals surface area contributed by atoms with Gasteiger partial charge >= 0.3 is 0 Å². The Kier molecular flexibility index (Phi) is 4.94. The van der Waals surface area contributed by atoms with E-state index in [4.69, 9.17) is 4.52 Å². The summed E-state index contributed by atoms with van der Waals surface area (Å²) in [6.45, 7) is 6.22. The van der Waals surface area contributed by atoms with Crippen molar-refractivity contribution >= 4 is 29.0 Å². The van der Waals surface area contributed by atoms with E-state index >= 15 is 0 Å². The molecule has 2 aromatic rings. The average molecular weight is 348 g/mol. The summed E-state index contributed by atoms with van der Waals surface area (Å²) in [5.74, 6) is 1.19. The molecular weight excluding hydrogens is 328 g/mol. The quantitative estimate of drug-likeness (QED) is 0.789. The van der Waals surface area contributed by atoms with Gasteiger partial charge in [0.25, 0.3) is 11.9 Å². The van der Waals surface area contributed by atoms with Crippen LogP contribution in [-0.4, -0.2) is 52.9 Å².